The highest BCUT2D eigenvalue weighted by Gasteiger charge is 2.23. The summed E-state index contributed by atoms with van der Waals surface area (Å²) in [4.78, 5) is 17.5. The molecule has 2 heterocycles. The van der Waals surface area contributed by atoms with Crippen molar-refractivity contribution in [3.63, 3.8) is 0 Å². The molecule has 0 N–H and O–H groups in total. The molecule has 0 unspecified atom stereocenters. The molecule has 0 spiro atoms. The lowest BCUT2D eigenvalue weighted by atomic mass is 10.5. The average molecular weight is 304 g/mol. The topological polar surface area (TPSA) is 86.7 Å². The molecule has 0 bridgehead atoms. The molecule has 0 aliphatic heterocycles. The molecular formula is C7H3BrClN5O2. The van der Waals surface area contributed by atoms with E-state index < -0.39 is 4.92 Å². The molecule has 16 heavy (non-hydrogen) atoms. The van der Waals surface area contributed by atoms with Crippen molar-refractivity contribution in [2.24, 2.45) is 0 Å². The third kappa shape index (κ3) is 1.89. The average Bonchev–Trinajstić information content (AvgIpc) is 2.63. The fraction of sp³-hybridized carbons (Fsp3) is 0. The van der Waals surface area contributed by atoms with Crippen molar-refractivity contribution in [2.75, 3.05) is 0 Å². The first-order chi connectivity index (χ1) is 7.59. The SMILES string of the molecule is O=[N+]([O-])c1c(Cl)ncnc1-n1cc(Br)cn1. The monoisotopic (exact) mass is 303 g/mol. The fourth-order valence-corrected chi connectivity index (χ4v) is 1.57. The van der Waals surface area contributed by atoms with Crippen molar-refractivity contribution in [3.05, 3.63) is 38.5 Å². The Balaban J connectivity index is 2.65. The Morgan fingerprint density at radius 2 is 2.25 bits per heavy atom. The largest absolute Gasteiger partial charge is 0.350 e. The minimum absolute atomic E-state index is 0.0238. The van der Waals surface area contributed by atoms with Crippen LogP contribution in [0.2, 0.25) is 5.15 Å². The van der Waals surface area contributed by atoms with Crippen molar-refractivity contribution in [1.29, 1.82) is 0 Å². The van der Waals surface area contributed by atoms with Gasteiger partial charge in [0.2, 0.25) is 11.0 Å². The van der Waals surface area contributed by atoms with Crippen LogP contribution in [-0.4, -0.2) is 24.7 Å². The second-order valence-corrected chi connectivity index (χ2v) is 3.97. The van der Waals surface area contributed by atoms with Gasteiger partial charge in [0.05, 0.1) is 15.6 Å². The molecule has 0 atom stereocenters. The normalized spacial score (nSPS) is 10.4. The van der Waals surface area contributed by atoms with Gasteiger partial charge in [-0.15, -0.1) is 0 Å². The van der Waals surface area contributed by atoms with E-state index in [0.717, 1.165) is 6.33 Å². The van der Waals surface area contributed by atoms with E-state index in [9.17, 15) is 10.1 Å². The Hall–Kier alpha value is -1.54. The summed E-state index contributed by atoms with van der Waals surface area (Å²) in [6.45, 7) is 0. The lowest BCUT2D eigenvalue weighted by Crippen LogP contribution is -2.04. The summed E-state index contributed by atoms with van der Waals surface area (Å²) in [5.74, 6) is 0.0238. The van der Waals surface area contributed by atoms with Gasteiger partial charge in [0.1, 0.15) is 6.33 Å². The van der Waals surface area contributed by atoms with Gasteiger partial charge < -0.3 is 0 Å². The van der Waals surface area contributed by atoms with Gasteiger partial charge in [-0.25, -0.2) is 14.6 Å². The zero-order valence-corrected chi connectivity index (χ0v) is 9.88. The van der Waals surface area contributed by atoms with Crippen LogP contribution in [-0.2, 0) is 0 Å². The molecule has 9 heteroatoms. The molecule has 0 aliphatic carbocycles. The maximum Gasteiger partial charge on any atom is 0.350 e. The second-order valence-electron chi connectivity index (χ2n) is 2.70. The van der Waals surface area contributed by atoms with E-state index in [1.807, 2.05) is 0 Å². The van der Waals surface area contributed by atoms with Crippen molar-refractivity contribution in [3.8, 4) is 5.82 Å². The molecule has 0 saturated carbocycles. The Morgan fingerprint density at radius 3 is 2.81 bits per heavy atom. The van der Waals surface area contributed by atoms with Gasteiger partial charge in [0.25, 0.3) is 0 Å². The molecular weight excluding hydrogens is 301 g/mol. The quantitative estimate of drug-likeness (QED) is 0.481. The Morgan fingerprint density at radius 1 is 1.50 bits per heavy atom. The van der Waals surface area contributed by atoms with Crippen LogP contribution >= 0.6 is 27.5 Å². The van der Waals surface area contributed by atoms with E-state index >= 15 is 0 Å². The Labute approximate surface area is 102 Å². The van der Waals surface area contributed by atoms with Crippen molar-refractivity contribution >= 4 is 33.2 Å². The number of nitro groups is 1. The van der Waals surface area contributed by atoms with Crippen LogP contribution in [0, 0.1) is 10.1 Å². The van der Waals surface area contributed by atoms with Crippen molar-refractivity contribution < 1.29 is 4.92 Å². The number of nitrogens with zero attached hydrogens (tertiary/aromatic N) is 5. The second kappa shape index (κ2) is 4.14. The third-order valence-electron chi connectivity index (χ3n) is 1.71. The summed E-state index contributed by atoms with van der Waals surface area (Å²) in [5.41, 5.74) is -0.375. The summed E-state index contributed by atoms with van der Waals surface area (Å²) in [6, 6.07) is 0. The van der Waals surface area contributed by atoms with E-state index in [2.05, 4.69) is 31.0 Å². The molecule has 0 radical (unpaired) electrons. The Kier molecular flexibility index (Phi) is 2.84. The minimum atomic E-state index is -0.646. The van der Waals surface area contributed by atoms with Crippen LogP contribution in [0.4, 0.5) is 5.69 Å². The number of aromatic nitrogens is 4. The van der Waals surface area contributed by atoms with E-state index in [1.54, 1.807) is 0 Å². The highest BCUT2D eigenvalue weighted by molar-refractivity contribution is 9.10. The highest BCUT2D eigenvalue weighted by atomic mass is 79.9. The lowest BCUT2D eigenvalue weighted by Gasteiger charge is -2.01. The molecule has 2 aromatic heterocycles. The van der Waals surface area contributed by atoms with E-state index in [0.29, 0.717) is 4.47 Å². The molecule has 0 aliphatic rings. The molecule has 0 aromatic carbocycles. The van der Waals surface area contributed by atoms with E-state index in [4.69, 9.17) is 11.6 Å². The number of halogens is 2. The first-order valence-electron chi connectivity index (χ1n) is 3.95. The highest BCUT2D eigenvalue weighted by Crippen LogP contribution is 2.27. The zero-order valence-electron chi connectivity index (χ0n) is 7.54. The molecule has 2 rings (SSSR count). The minimum Gasteiger partial charge on any atom is -0.258 e. The van der Waals surface area contributed by atoms with Crippen LogP contribution in [0.15, 0.2) is 23.2 Å². The molecule has 82 valence electrons. The van der Waals surface area contributed by atoms with Crippen LogP contribution in [0.5, 0.6) is 0 Å². The van der Waals surface area contributed by atoms with Gasteiger partial charge in [-0.2, -0.15) is 5.10 Å². The van der Waals surface area contributed by atoms with Gasteiger partial charge in [-0.05, 0) is 15.9 Å². The van der Waals surface area contributed by atoms with Gasteiger partial charge in [0, 0.05) is 6.20 Å². The van der Waals surface area contributed by atoms with Gasteiger partial charge in [0.15, 0.2) is 0 Å². The zero-order chi connectivity index (χ0) is 11.7. The summed E-state index contributed by atoms with van der Waals surface area (Å²) in [5, 5.41) is 14.5. The van der Waals surface area contributed by atoms with Gasteiger partial charge in [-0.3, -0.25) is 10.1 Å². The predicted molar refractivity (Wildman–Crippen MR) is 58.5 cm³/mol. The number of rotatable bonds is 2. The summed E-state index contributed by atoms with van der Waals surface area (Å²) < 4.78 is 1.92. The summed E-state index contributed by atoms with van der Waals surface area (Å²) in [6.07, 6.45) is 4.16. The molecule has 7 nitrogen and oxygen atoms in total. The maximum absolute atomic E-state index is 10.8. The van der Waals surface area contributed by atoms with E-state index in [1.165, 1.54) is 17.1 Å². The molecule has 0 fully saturated rings. The van der Waals surface area contributed by atoms with Crippen molar-refractivity contribution in [2.45, 2.75) is 0 Å². The standard InChI is InChI=1S/C7H3BrClN5O2/c8-4-1-12-13(2-4)7-5(14(15)16)6(9)10-3-11-7/h1-3H. The first kappa shape index (κ1) is 11.0. The molecule has 0 saturated heterocycles. The third-order valence-corrected chi connectivity index (χ3v) is 2.40. The summed E-state index contributed by atoms with van der Waals surface area (Å²) >= 11 is 8.82. The fourth-order valence-electron chi connectivity index (χ4n) is 1.09. The van der Waals surface area contributed by atoms with Crippen LogP contribution in [0.1, 0.15) is 0 Å². The first-order valence-corrected chi connectivity index (χ1v) is 5.12. The smallest absolute Gasteiger partial charge is 0.258 e. The van der Waals surface area contributed by atoms with Gasteiger partial charge >= 0.3 is 5.69 Å². The number of hydrogen-bond acceptors (Lipinski definition) is 5. The van der Waals surface area contributed by atoms with Crippen LogP contribution in [0.3, 0.4) is 0 Å². The predicted octanol–water partition coefficient (Wildman–Crippen LogP) is 1.99. The van der Waals surface area contributed by atoms with Crippen molar-refractivity contribution in [1.82, 2.24) is 19.7 Å². The lowest BCUT2D eigenvalue weighted by molar-refractivity contribution is -0.385. The number of hydrogen-bond donors (Lipinski definition) is 0. The van der Waals surface area contributed by atoms with E-state index in [-0.39, 0.29) is 16.7 Å². The summed E-state index contributed by atoms with van der Waals surface area (Å²) in [7, 11) is 0. The van der Waals surface area contributed by atoms with Gasteiger partial charge in [-0.1, -0.05) is 11.6 Å². The molecule has 2 aromatic rings. The molecule has 0 amide bonds. The maximum atomic E-state index is 10.8. The van der Waals surface area contributed by atoms with Crippen LogP contribution < -0.4 is 0 Å². The van der Waals surface area contributed by atoms with Crippen LogP contribution in [0.25, 0.3) is 5.82 Å². The Bertz CT molecular complexity index is 557.